The molecule has 5 nitrogen and oxygen atoms in total. The molecule has 1 N–H and O–H groups in total. The smallest absolute Gasteiger partial charge is 0.203 e. The summed E-state index contributed by atoms with van der Waals surface area (Å²) < 4.78 is 2.11. The fourth-order valence-electron chi connectivity index (χ4n) is 3.55. The van der Waals surface area contributed by atoms with E-state index in [1.807, 2.05) is 24.2 Å². The Morgan fingerprint density at radius 1 is 1.17 bits per heavy atom. The minimum atomic E-state index is 0.437. The van der Waals surface area contributed by atoms with Gasteiger partial charge in [0.25, 0.3) is 0 Å². The van der Waals surface area contributed by atoms with Gasteiger partial charge in [-0.2, -0.15) is 11.8 Å². The van der Waals surface area contributed by atoms with E-state index < -0.39 is 0 Å². The topological polar surface area (TPSA) is 55.1 Å². The molecular weight excluding hydrogens is 318 g/mol. The summed E-state index contributed by atoms with van der Waals surface area (Å²) in [7, 11) is 0. The van der Waals surface area contributed by atoms with Crippen LogP contribution in [0.15, 0.2) is 42.7 Å². The average Bonchev–Trinajstić information content (AvgIpc) is 3.01. The van der Waals surface area contributed by atoms with Crippen LogP contribution in [0, 0.1) is 0 Å². The zero-order chi connectivity index (χ0) is 15.9. The van der Waals surface area contributed by atoms with Gasteiger partial charge in [0.15, 0.2) is 11.6 Å². The summed E-state index contributed by atoms with van der Waals surface area (Å²) in [5.41, 5.74) is 2.24. The molecule has 2 aromatic heterocycles. The van der Waals surface area contributed by atoms with E-state index in [2.05, 4.69) is 55.2 Å². The van der Waals surface area contributed by atoms with Crippen LogP contribution in [-0.4, -0.2) is 31.4 Å². The Morgan fingerprint density at radius 2 is 2.08 bits per heavy atom. The van der Waals surface area contributed by atoms with Gasteiger partial charge in [-0.15, -0.1) is 10.2 Å². The molecule has 1 aromatic carbocycles. The maximum absolute atomic E-state index is 4.51. The molecule has 0 spiro atoms. The molecule has 3 aromatic rings. The molecule has 1 saturated carbocycles. The standard InChI is InChI=1S/C18H19N5S/c1-2-5-12(6-3-1)13-11-14(13)20-16-18-22-21-17(15-7-4-10-24-15)23(18)9-8-19-16/h1-3,5-6,8-9,13-15H,4,7,10-11H2,(H,19,20)/t13-,14-,15+/m1/s1. The number of hydrogen-bond donors (Lipinski definition) is 1. The number of benzene rings is 1. The van der Waals surface area contributed by atoms with Gasteiger partial charge in [0.05, 0.1) is 5.25 Å². The lowest BCUT2D eigenvalue weighted by Gasteiger charge is -2.08. The molecule has 0 radical (unpaired) electrons. The highest BCUT2D eigenvalue weighted by atomic mass is 32.2. The largest absolute Gasteiger partial charge is 0.364 e. The first-order chi connectivity index (χ1) is 11.9. The van der Waals surface area contributed by atoms with Gasteiger partial charge in [-0.05, 0) is 30.6 Å². The van der Waals surface area contributed by atoms with Crippen LogP contribution >= 0.6 is 11.8 Å². The molecule has 2 aliphatic rings. The Balaban J connectivity index is 1.40. The third-order valence-electron chi connectivity index (χ3n) is 4.91. The predicted octanol–water partition coefficient (Wildman–Crippen LogP) is 3.66. The van der Waals surface area contributed by atoms with Gasteiger partial charge in [-0.3, -0.25) is 4.40 Å². The van der Waals surface area contributed by atoms with Crippen LogP contribution in [0.4, 0.5) is 5.82 Å². The quantitative estimate of drug-likeness (QED) is 0.787. The first kappa shape index (κ1) is 14.3. The van der Waals surface area contributed by atoms with Crippen molar-refractivity contribution in [2.75, 3.05) is 11.1 Å². The third kappa shape index (κ3) is 2.45. The van der Waals surface area contributed by atoms with Crippen molar-refractivity contribution in [2.24, 2.45) is 0 Å². The van der Waals surface area contributed by atoms with Crippen molar-refractivity contribution >= 4 is 23.2 Å². The zero-order valence-corrected chi connectivity index (χ0v) is 14.1. The van der Waals surface area contributed by atoms with Gasteiger partial charge in [-0.1, -0.05) is 30.3 Å². The highest BCUT2D eigenvalue weighted by Crippen LogP contribution is 2.43. The van der Waals surface area contributed by atoms with Crippen molar-refractivity contribution in [3.8, 4) is 0 Å². The number of hydrogen-bond acceptors (Lipinski definition) is 5. The minimum absolute atomic E-state index is 0.437. The fraction of sp³-hybridized carbons (Fsp3) is 0.389. The third-order valence-corrected chi connectivity index (χ3v) is 6.28. The van der Waals surface area contributed by atoms with Crippen LogP contribution in [0.25, 0.3) is 5.65 Å². The van der Waals surface area contributed by atoms with E-state index in [1.54, 1.807) is 0 Å². The summed E-state index contributed by atoms with van der Waals surface area (Å²) >= 11 is 1.98. The van der Waals surface area contributed by atoms with Crippen molar-refractivity contribution in [1.29, 1.82) is 0 Å². The number of nitrogens with one attached hydrogen (secondary N) is 1. The molecule has 3 atom stereocenters. The summed E-state index contributed by atoms with van der Waals surface area (Å²) in [6, 6.07) is 11.1. The Morgan fingerprint density at radius 3 is 2.92 bits per heavy atom. The number of anilines is 1. The van der Waals surface area contributed by atoms with Crippen LogP contribution in [0.3, 0.4) is 0 Å². The van der Waals surface area contributed by atoms with Gasteiger partial charge in [0, 0.05) is 24.4 Å². The van der Waals surface area contributed by atoms with Gasteiger partial charge < -0.3 is 5.32 Å². The summed E-state index contributed by atoms with van der Waals surface area (Å²) in [4.78, 5) is 4.51. The summed E-state index contributed by atoms with van der Waals surface area (Å²) in [5, 5.41) is 12.9. The number of thioether (sulfide) groups is 1. The highest BCUT2D eigenvalue weighted by molar-refractivity contribution is 7.99. The molecule has 1 saturated heterocycles. The van der Waals surface area contributed by atoms with Gasteiger partial charge in [0.2, 0.25) is 5.65 Å². The van der Waals surface area contributed by atoms with Gasteiger partial charge in [-0.25, -0.2) is 4.98 Å². The van der Waals surface area contributed by atoms with Crippen molar-refractivity contribution in [1.82, 2.24) is 19.6 Å². The summed E-state index contributed by atoms with van der Waals surface area (Å²) in [6.07, 6.45) is 7.43. The molecule has 24 heavy (non-hydrogen) atoms. The lowest BCUT2D eigenvalue weighted by molar-refractivity contribution is 0.765. The molecule has 0 unspecified atom stereocenters. The second-order valence-corrected chi connectivity index (χ2v) is 7.84. The van der Waals surface area contributed by atoms with E-state index >= 15 is 0 Å². The van der Waals surface area contributed by atoms with E-state index in [-0.39, 0.29) is 0 Å². The first-order valence-electron chi connectivity index (χ1n) is 8.53. The monoisotopic (exact) mass is 337 g/mol. The molecule has 5 rings (SSSR count). The number of aromatic nitrogens is 4. The van der Waals surface area contributed by atoms with Gasteiger partial charge >= 0.3 is 0 Å². The van der Waals surface area contributed by atoms with Crippen LogP contribution in [0.1, 0.15) is 41.8 Å². The van der Waals surface area contributed by atoms with Crippen molar-refractivity contribution in [3.05, 3.63) is 54.1 Å². The molecule has 3 heterocycles. The molecule has 6 heteroatoms. The van der Waals surface area contributed by atoms with E-state index in [1.165, 1.54) is 24.2 Å². The fourth-order valence-corrected chi connectivity index (χ4v) is 4.81. The number of nitrogens with zero attached hydrogens (tertiary/aromatic N) is 4. The maximum atomic E-state index is 4.51. The highest BCUT2D eigenvalue weighted by Gasteiger charge is 2.39. The molecule has 2 fully saturated rings. The Bertz CT molecular complexity index is 856. The Hall–Kier alpha value is -2.08. The average molecular weight is 337 g/mol. The normalized spacial score (nSPS) is 25.9. The SMILES string of the molecule is c1ccc([C@H]2C[C@H]2Nc2nccn3c([C@@H]4CCCS4)nnc23)cc1. The number of fused-ring (bicyclic) bond motifs is 1. The molecular formula is C18H19N5S. The summed E-state index contributed by atoms with van der Waals surface area (Å²) in [6.45, 7) is 0. The Kier molecular flexibility index (Phi) is 3.43. The van der Waals surface area contributed by atoms with Crippen LogP contribution in [0.5, 0.6) is 0 Å². The van der Waals surface area contributed by atoms with Crippen LogP contribution < -0.4 is 5.32 Å². The lowest BCUT2D eigenvalue weighted by Crippen LogP contribution is -2.08. The predicted molar refractivity (Wildman–Crippen MR) is 96.4 cm³/mol. The summed E-state index contributed by atoms with van der Waals surface area (Å²) in [5.74, 6) is 3.70. The molecule has 1 aliphatic carbocycles. The van der Waals surface area contributed by atoms with Crippen LogP contribution in [0.2, 0.25) is 0 Å². The van der Waals surface area contributed by atoms with Crippen molar-refractivity contribution < 1.29 is 0 Å². The lowest BCUT2D eigenvalue weighted by atomic mass is 10.1. The zero-order valence-electron chi connectivity index (χ0n) is 13.3. The maximum Gasteiger partial charge on any atom is 0.203 e. The number of rotatable bonds is 4. The van der Waals surface area contributed by atoms with E-state index in [0.29, 0.717) is 17.2 Å². The molecule has 1 aliphatic heterocycles. The second kappa shape index (κ2) is 5.77. The van der Waals surface area contributed by atoms with E-state index in [9.17, 15) is 0 Å². The molecule has 0 amide bonds. The van der Waals surface area contributed by atoms with E-state index in [4.69, 9.17) is 0 Å². The Labute approximate surface area is 144 Å². The van der Waals surface area contributed by atoms with Crippen molar-refractivity contribution in [2.45, 2.75) is 36.5 Å². The molecule has 0 bridgehead atoms. The van der Waals surface area contributed by atoms with Crippen LogP contribution in [-0.2, 0) is 0 Å². The first-order valence-corrected chi connectivity index (χ1v) is 9.58. The van der Waals surface area contributed by atoms with E-state index in [0.717, 1.165) is 23.7 Å². The second-order valence-electron chi connectivity index (χ2n) is 6.53. The van der Waals surface area contributed by atoms with Crippen molar-refractivity contribution in [3.63, 3.8) is 0 Å². The molecule has 122 valence electrons. The minimum Gasteiger partial charge on any atom is -0.364 e. The van der Waals surface area contributed by atoms with Gasteiger partial charge in [0.1, 0.15) is 0 Å².